The highest BCUT2D eigenvalue weighted by Crippen LogP contribution is 2.36. The molecule has 22 heavy (non-hydrogen) atoms. The fourth-order valence-electron chi connectivity index (χ4n) is 2.68. The number of hydrogen-bond donors (Lipinski definition) is 2. The normalized spacial score (nSPS) is 17.4. The minimum atomic E-state index is -0.656. The van der Waals surface area contributed by atoms with Crippen LogP contribution >= 0.6 is 11.6 Å². The first-order valence-corrected chi connectivity index (χ1v) is 7.14. The van der Waals surface area contributed by atoms with Crippen molar-refractivity contribution in [2.75, 3.05) is 11.9 Å². The van der Waals surface area contributed by atoms with Gasteiger partial charge in [0.05, 0.1) is 6.04 Å². The number of carbonyl (C=O) groups excluding carboxylic acids is 2. The van der Waals surface area contributed by atoms with Crippen LogP contribution in [0.5, 0.6) is 0 Å². The molecule has 2 aromatic carbocycles. The first-order valence-electron chi connectivity index (χ1n) is 6.76. The average Bonchev–Trinajstić information content (AvgIpc) is 2.64. The molecular formula is C16H14ClN3O2. The lowest BCUT2D eigenvalue weighted by Gasteiger charge is -2.29. The molecule has 5 nitrogen and oxygen atoms in total. The van der Waals surface area contributed by atoms with Gasteiger partial charge in [-0.15, -0.1) is 0 Å². The molecule has 112 valence electrons. The lowest BCUT2D eigenvalue weighted by Crippen LogP contribution is -2.42. The van der Waals surface area contributed by atoms with Crippen molar-refractivity contribution in [3.63, 3.8) is 0 Å². The summed E-state index contributed by atoms with van der Waals surface area (Å²) >= 11 is 6.10. The second-order valence-electron chi connectivity index (χ2n) is 5.06. The number of rotatable bonds is 1. The predicted molar refractivity (Wildman–Crippen MR) is 84.7 cm³/mol. The van der Waals surface area contributed by atoms with Gasteiger partial charge in [-0.1, -0.05) is 41.9 Å². The maximum absolute atomic E-state index is 12.0. The Hall–Kier alpha value is -2.53. The Morgan fingerprint density at radius 2 is 1.95 bits per heavy atom. The predicted octanol–water partition coefficient (Wildman–Crippen LogP) is 2.76. The summed E-state index contributed by atoms with van der Waals surface area (Å²) < 4.78 is 0. The third-order valence-corrected chi connectivity index (χ3v) is 3.84. The molecular weight excluding hydrogens is 302 g/mol. The van der Waals surface area contributed by atoms with Gasteiger partial charge in [-0.3, -0.25) is 4.79 Å². The fourth-order valence-corrected chi connectivity index (χ4v) is 2.86. The first kappa shape index (κ1) is 14.4. The number of nitrogens with two attached hydrogens (primary N) is 1. The molecule has 0 saturated heterocycles. The number of primary amides is 1. The van der Waals surface area contributed by atoms with E-state index >= 15 is 0 Å². The number of nitrogens with zero attached hydrogens (tertiary/aromatic N) is 1. The van der Waals surface area contributed by atoms with Crippen LogP contribution in [0.25, 0.3) is 0 Å². The van der Waals surface area contributed by atoms with Crippen molar-refractivity contribution in [2.24, 2.45) is 5.73 Å². The molecule has 0 fully saturated rings. The third-order valence-electron chi connectivity index (χ3n) is 3.61. The van der Waals surface area contributed by atoms with Crippen LogP contribution in [-0.4, -0.2) is 23.4 Å². The van der Waals surface area contributed by atoms with E-state index < -0.39 is 12.1 Å². The molecule has 1 unspecified atom stereocenters. The second-order valence-corrected chi connectivity index (χ2v) is 5.50. The van der Waals surface area contributed by atoms with Crippen molar-refractivity contribution in [1.82, 2.24) is 4.90 Å². The van der Waals surface area contributed by atoms with Gasteiger partial charge in [0.2, 0.25) is 5.91 Å². The fraction of sp³-hybridized carbons (Fsp3) is 0.125. The molecule has 1 aliphatic heterocycles. The SMILES string of the molecule is NC(=O)N1CC(=O)Nc2ccc(Cl)cc2C1c1ccccc1. The smallest absolute Gasteiger partial charge is 0.316 e. The number of anilines is 1. The monoisotopic (exact) mass is 315 g/mol. The van der Waals surface area contributed by atoms with Gasteiger partial charge >= 0.3 is 6.03 Å². The van der Waals surface area contributed by atoms with Crippen LogP contribution in [0.2, 0.25) is 5.02 Å². The summed E-state index contributed by atoms with van der Waals surface area (Å²) in [7, 11) is 0. The molecule has 0 aliphatic carbocycles. The largest absolute Gasteiger partial charge is 0.351 e. The molecule has 3 N–H and O–H groups in total. The van der Waals surface area contributed by atoms with E-state index in [1.54, 1.807) is 18.2 Å². The lowest BCUT2D eigenvalue weighted by atomic mass is 9.96. The minimum Gasteiger partial charge on any atom is -0.351 e. The van der Waals surface area contributed by atoms with E-state index in [2.05, 4.69) is 5.32 Å². The number of urea groups is 1. The average molecular weight is 316 g/mol. The zero-order valence-corrected chi connectivity index (χ0v) is 12.4. The molecule has 6 heteroatoms. The molecule has 1 aliphatic rings. The van der Waals surface area contributed by atoms with Gasteiger partial charge in [-0.2, -0.15) is 0 Å². The highest BCUT2D eigenvalue weighted by Gasteiger charge is 2.32. The summed E-state index contributed by atoms with van der Waals surface area (Å²) in [6, 6.07) is 13.5. The summed E-state index contributed by atoms with van der Waals surface area (Å²) in [6.07, 6.45) is 0. The Morgan fingerprint density at radius 3 is 2.64 bits per heavy atom. The van der Waals surface area contributed by atoms with Gasteiger partial charge < -0.3 is 16.0 Å². The summed E-state index contributed by atoms with van der Waals surface area (Å²) in [6.45, 7) is -0.110. The van der Waals surface area contributed by atoms with Crippen LogP contribution in [0.1, 0.15) is 17.2 Å². The minimum absolute atomic E-state index is 0.110. The quantitative estimate of drug-likeness (QED) is 0.849. The molecule has 3 amide bonds. The van der Waals surface area contributed by atoms with E-state index in [9.17, 15) is 9.59 Å². The molecule has 0 saturated carbocycles. The number of benzene rings is 2. The molecule has 0 spiro atoms. The van der Waals surface area contributed by atoms with Crippen LogP contribution in [0.15, 0.2) is 48.5 Å². The van der Waals surface area contributed by atoms with Crippen molar-refractivity contribution < 1.29 is 9.59 Å². The summed E-state index contributed by atoms with van der Waals surface area (Å²) in [4.78, 5) is 25.2. The molecule has 3 rings (SSSR count). The van der Waals surface area contributed by atoms with Crippen LogP contribution in [0.3, 0.4) is 0 Å². The second kappa shape index (κ2) is 5.69. The maximum Gasteiger partial charge on any atom is 0.316 e. The van der Waals surface area contributed by atoms with E-state index in [0.29, 0.717) is 10.7 Å². The molecule has 0 aromatic heterocycles. The van der Waals surface area contributed by atoms with Crippen LogP contribution in [0.4, 0.5) is 10.5 Å². The Kier molecular flexibility index (Phi) is 3.73. The van der Waals surface area contributed by atoms with Crippen molar-refractivity contribution in [3.05, 3.63) is 64.7 Å². The Balaban J connectivity index is 2.22. The van der Waals surface area contributed by atoms with E-state index in [4.69, 9.17) is 17.3 Å². The van der Waals surface area contributed by atoms with Gasteiger partial charge in [0, 0.05) is 16.3 Å². The van der Waals surface area contributed by atoms with E-state index in [1.165, 1.54) is 4.90 Å². The number of hydrogen-bond acceptors (Lipinski definition) is 2. The zero-order chi connectivity index (χ0) is 15.7. The highest BCUT2D eigenvalue weighted by atomic mass is 35.5. The topological polar surface area (TPSA) is 75.4 Å². The standard InChI is InChI=1S/C16H14ClN3O2/c17-11-6-7-13-12(8-11)15(10-4-2-1-3-5-10)20(16(18)22)9-14(21)19-13/h1-8,15H,9H2,(H2,18,22)(H,19,21). The molecule has 0 bridgehead atoms. The number of fused-ring (bicyclic) bond motifs is 1. The summed E-state index contributed by atoms with van der Waals surface area (Å²) in [5, 5.41) is 3.32. The summed E-state index contributed by atoms with van der Waals surface area (Å²) in [5.74, 6) is -0.291. The zero-order valence-electron chi connectivity index (χ0n) is 11.6. The molecule has 1 atom stereocenters. The maximum atomic E-state index is 12.0. The van der Waals surface area contributed by atoms with Gasteiger partial charge in [0.1, 0.15) is 6.54 Å². The van der Waals surface area contributed by atoms with Gasteiger partial charge in [-0.25, -0.2) is 4.79 Å². The molecule has 1 heterocycles. The van der Waals surface area contributed by atoms with Crippen LogP contribution in [0, 0.1) is 0 Å². The number of halogens is 1. The molecule has 2 aromatic rings. The number of amides is 3. The Morgan fingerprint density at radius 1 is 1.23 bits per heavy atom. The Labute approximate surface area is 132 Å². The van der Waals surface area contributed by atoms with Gasteiger partial charge in [0.25, 0.3) is 0 Å². The van der Waals surface area contributed by atoms with E-state index in [0.717, 1.165) is 11.1 Å². The third kappa shape index (κ3) is 2.63. The first-order chi connectivity index (χ1) is 10.6. The highest BCUT2D eigenvalue weighted by molar-refractivity contribution is 6.30. The van der Waals surface area contributed by atoms with E-state index in [1.807, 2.05) is 30.3 Å². The van der Waals surface area contributed by atoms with Crippen molar-refractivity contribution in [1.29, 1.82) is 0 Å². The number of carbonyl (C=O) groups is 2. The van der Waals surface area contributed by atoms with Crippen LogP contribution in [-0.2, 0) is 4.79 Å². The van der Waals surface area contributed by atoms with Crippen molar-refractivity contribution in [3.8, 4) is 0 Å². The molecule has 0 radical (unpaired) electrons. The van der Waals surface area contributed by atoms with Gasteiger partial charge in [-0.05, 0) is 23.8 Å². The van der Waals surface area contributed by atoms with Crippen molar-refractivity contribution >= 4 is 29.2 Å². The van der Waals surface area contributed by atoms with E-state index in [-0.39, 0.29) is 12.5 Å². The van der Waals surface area contributed by atoms with Crippen molar-refractivity contribution in [2.45, 2.75) is 6.04 Å². The Bertz CT molecular complexity index is 733. The summed E-state index contributed by atoms with van der Waals surface area (Å²) in [5.41, 5.74) is 7.73. The van der Waals surface area contributed by atoms with Crippen LogP contribution < -0.4 is 11.1 Å². The lowest BCUT2D eigenvalue weighted by molar-refractivity contribution is -0.116. The number of nitrogens with one attached hydrogen (secondary N) is 1. The van der Waals surface area contributed by atoms with Gasteiger partial charge in [0.15, 0.2) is 0 Å².